The van der Waals surface area contributed by atoms with Crippen LogP contribution in [-0.2, 0) is 38.5 Å². The van der Waals surface area contributed by atoms with E-state index in [2.05, 4.69) is 4.90 Å². The van der Waals surface area contributed by atoms with E-state index in [-0.39, 0.29) is 12.5 Å². The van der Waals surface area contributed by atoms with Crippen LogP contribution in [0.3, 0.4) is 0 Å². The van der Waals surface area contributed by atoms with Gasteiger partial charge in [0.05, 0.1) is 17.7 Å². The van der Waals surface area contributed by atoms with Crippen LogP contribution < -0.4 is 0 Å². The smallest absolute Gasteiger partial charge is 0.333 e. The summed E-state index contributed by atoms with van der Waals surface area (Å²) in [7, 11) is 0.804. The van der Waals surface area contributed by atoms with Gasteiger partial charge in [-0.3, -0.25) is 4.79 Å². The largest absolute Gasteiger partial charge is 0.481 e. The van der Waals surface area contributed by atoms with Crippen LogP contribution in [-0.4, -0.2) is 94.4 Å². The summed E-state index contributed by atoms with van der Waals surface area (Å²) >= 11 is 0. The van der Waals surface area contributed by atoms with Gasteiger partial charge in [0.1, 0.15) is 6.73 Å². The van der Waals surface area contributed by atoms with Crippen molar-refractivity contribution in [1.29, 1.82) is 0 Å². The molecule has 1 aliphatic rings. The van der Waals surface area contributed by atoms with Crippen LogP contribution >= 0.6 is 0 Å². The second-order valence-corrected chi connectivity index (χ2v) is 10.5. The van der Waals surface area contributed by atoms with Gasteiger partial charge >= 0.3 is 11.9 Å². The van der Waals surface area contributed by atoms with E-state index in [0.717, 1.165) is 47.8 Å². The Hall–Kier alpha value is -2.51. The van der Waals surface area contributed by atoms with E-state index in [1.54, 1.807) is 8.87 Å². The topological polar surface area (TPSA) is 161 Å². The van der Waals surface area contributed by atoms with Crippen LogP contribution in [0.5, 0.6) is 0 Å². The first-order valence-electron chi connectivity index (χ1n) is 10.9. The first-order valence-corrected chi connectivity index (χ1v) is 12.5. The molecule has 1 fully saturated rings. The second kappa shape index (κ2) is 12.3. The number of benzene rings is 1. The molecule has 0 bridgehead atoms. The Morgan fingerprint density at radius 2 is 1.79 bits per heavy atom. The zero-order valence-electron chi connectivity index (χ0n) is 19.4. The van der Waals surface area contributed by atoms with Gasteiger partial charge in [0.2, 0.25) is 10.0 Å². The fourth-order valence-electron chi connectivity index (χ4n) is 3.69. The number of carbonyl (C=O) groups is 2. The van der Waals surface area contributed by atoms with Crippen molar-refractivity contribution in [3.8, 4) is 0 Å². The summed E-state index contributed by atoms with van der Waals surface area (Å²) < 4.78 is 28.6. The maximum absolute atomic E-state index is 12.6. The lowest BCUT2D eigenvalue weighted by Crippen LogP contribution is -2.29. The number of nitrogens with zero attached hydrogens (tertiary/aromatic N) is 3. The standard InChI is InChI=1S/C18H27N3O3S.C4H6O5/c1-19(2)10-7-16-12-20(14-22)18-6-5-15(11-17(16)18)13-25(23,24)21-8-3-4-9-21;5-2(4(8)9)1-3(6)7/h5-6,11-12,22H,3-4,7-10,13-14H2,1-2H3;2,5H,1H2,(H,6,7)(H,8,9). The van der Waals surface area contributed by atoms with Gasteiger partial charge in [-0.15, -0.1) is 0 Å². The number of aliphatic carboxylic acids is 2. The molecule has 1 atom stereocenters. The minimum Gasteiger partial charge on any atom is -0.481 e. The number of sulfonamides is 1. The number of aliphatic hydroxyl groups excluding tert-OH is 2. The van der Waals surface area contributed by atoms with E-state index in [1.165, 1.54) is 0 Å². The SMILES string of the molecule is CN(C)CCc1cn(CO)c2ccc(CS(=O)(=O)N3CCCC3)cc12.O=C(O)CC(O)C(=O)O. The van der Waals surface area contributed by atoms with Crippen LogP contribution in [0.15, 0.2) is 24.4 Å². The van der Waals surface area contributed by atoms with E-state index >= 15 is 0 Å². The molecule has 1 saturated heterocycles. The first-order chi connectivity index (χ1) is 15.9. The maximum atomic E-state index is 12.6. The highest BCUT2D eigenvalue weighted by Gasteiger charge is 2.25. The molecule has 11 nitrogen and oxygen atoms in total. The molecule has 1 aliphatic heterocycles. The van der Waals surface area contributed by atoms with Crippen molar-refractivity contribution in [3.05, 3.63) is 35.5 Å². The summed E-state index contributed by atoms with van der Waals surface area (Å²) in [5.41, 5.74) is 2.89. The number of hydrogen-bond acceptors (Lipinski definition) is 7. The number of carboxylic acids is 2. The summed E-state index contributed by atoms with van der Waals surface area (Å²) in [6.07, 6.45) is 2.18. The number of rotatable bonds is 10. The maximum Gasteiger partial charge on any atom is 0.333 e. The van der Waals surface area contributed by atoms with Crippen molar-refractivity contribution in [2.24, 2.45) is 0 Å². The monoisotopic (exact) mass is 499 g/mol. The number of hydrogen-bond donors (Lipinski definition) is 4. The van der Waals surface area contributed by atoms with Crippen LogP contribution in [0.1, 0.15) is 30.4 Å². The van der Waals surface area contributed by atoms with Crippen molar-refractivity contribution in [1.82, 2.24) is 13.8 Å². The number of aromatic nitrogens is 1. The minimum absolute atomic E-state index is 0.0420. The molecule has 190 valence electrons. The summed E-state index contributed by atoms with van der Waals surface area (Å²) in [6, 6.07) is 5.75. The third-order valence-corrected chi connectivity index (χ3v) is 7.32. The van der Waals surface area contributed by atoms with Crippen molar-refractivity contribution in [3.63, 3.8) is 0 Å². The predicted molar refractivity (Wildman–Crippen MR) is 126 cm³/mol. The Balaban J connectivity index is 0.000000387. The molecule has 1 aromatic heterocycles. The predicted octanol–water partition coefficient (Wildman–Crippen LogP) is 0.527. The van der Waals surface area contributed by atoms with Crippen LogP contribution in [0, 0.1) is 0 Å². The number of aliphatic hydroxyl groups is 2. The van der Waals surface area contributed by atoms with Gasteiger partial charge in [0, 0.05) is 31.2 Å². The van der Waals surface area contributed by atoms with Crippen LogP contribution in [0.4, 0.5) is 0 Å². The molecule has 4 N–H and O–H groups in total. The van der Waals surface area contributed by atoms with Gasteiger partial charge < -0.3 is 29.9 Å². The first kappa shape index (κ1) is 27.7. The summed E-state index contributed by atoms with van der Waals surface area (Å²) in [5, 5.41) is 34.8. The Labute approximate surface area is 198 Å². The average Bonchev–Trinajstić information content (AvgIpc) is 3.40. The Bertz CT molecular complexity index is 1090. The molecule has 3 rings (SSSR count). The third kappa shape index (κ3) is 7.77. The van der Waals surface area contributed by atoms with E-state index in [0.29, 0.717) is 13.1 Å². The van der Waals surface area contributed by atoms with Gasteiger partial charge in [-0.2, -0.15) is 0 Å². The van der Waals surface area contributed by atoms with Gasteiger partial charge in [-0.25, -0.2) is 17.5 Å². The molecule has 1 aromatic carbocycles. The van der Waals surface area contributed by atoms with E-state index in [4.69, 9.17) is 15.3 Å². The molecule has 34 heavy (non-hydrogen) atoms. The molecular formula is C22H33N3O8S. The third-order valence-electron chi connectivity index (χ3n) is 5.47. The van der Waals surface area contributed by atoms with Gasteiger partial charge in [-0.05, 0) is 56.6 Å². The number of likely N-dealkylation sites (N-methyl/N-ethyl adjacent to an activating group) is 1. The zero-order valence-corrected chi connectivity index (χ0v) is 20.2. The highest BCUT2D eigenvalue weighted by atomic mass is 32.2. The molecule has 2 heterocycles. The molecule has 0 spiro atoms. The highest BCUT2D eigenvalue weighted by Crippen LogP contribution is 2.25. The summed E-state index contributed by atoms with van der Waals surface area (Å²) in [5.74, 6) is -2.80. The lowest BCUT2D eigenvalue weighted by atomic mass is 10.1. The highest BCUT2D eigenvalue weighted by molar-refractivity contribution is 7.88. The zero-order chi connectivity index (χ0) is 25.5. The Kier molecular flexibility index (Phi) is 10.0. The molecule has 0 radical (unpaired) electrons. The second-order valence-electron chi connectivity index (χ2n) is 8.48. The minimum atomic E-state index is -3.25. The van der Waals surface area contributed by atoms with Crippen molar-refractivity contribution < 1.29 is 38.4 Å². The number of carboxylic acid groups (broad SMARTS) is 2. The lowest BCUT2D eigenvalue weighted by Gasteiger charge is -2.15. The fraction of sp³-hybridized carbons (Fsp3) is 0.545. The van der Waals surface area contributed by atoms with Crippen LogP contribution in [0.2, 0.25) is 0 Å². The Morgan fingerprint density at radius 3 is 2.29 bits per heavy atom. The van der Waals surface area contributed by atoms with Crippen molar-refractivity contribution in [2.45, 2.75) is 44.3 Å². The molecule has 0 saturated carbocycles. The summed E-state index contributed by atoms with van der Waals surface area (Å²) in [6.45, 7) is 2.10. The van der Waals surface area contributed by atoms with Crippen molar-refractivity contribution >= 4 is 32.9 Å². The fourth-order valence-corrected chi connectivity index (χ4v) is 5.29. The van der Waals surface area contributed by atoms with E-state index in [1.807, 2.05) is 38.5 Å². The van der Waals surface area contributed by atoms with Gasteiger partial charge in [0.25, 0.3) is 0 Å². The average molecular weight is 500 g/mol. The van der Waals surface area contributed by atoms with Gasteiger partial charge in [-0.1, -0.05) is 6.07 Å². The van der Waals surface area contributed by atoms with Crippen LogP contribution in [0.25, 0.3) is 10.9 Å². The van der Waals surface area contributed by atoms with Gasteiger partial charge in [0.15, 0.2) is 6.10 Å². The molecule has 2 aromatic rings. The van der Waals surface area contributed by atoms with E-state index < -0.39 is 34.5 Å². The summed E-state index contributed by atoms with van der Waals surface area (Å²) in [4.78, 5) is 21.5. The molecule has 1 unspecified atom stereocenters. The molecular weight excluding hydrogens is 466 g/mol. The number of fused-ring (bicyclic) bond motifs is 1. The van der Waals surface area contributed by atoms with Crippen molar-refractivity contribution in [2.75, 3.05) is 33.7 Å². The van der Waals surface area contributed by atoms with E-state index in [9.17, 15) is 23.1 Å². The molecule has 0 aliphatic carbocycles. The molecule has 12 heteroatoms. The normalized spacial score (nSPS) is 15.3. The Morgan fingerprint density at radius 1 is 1.15 bits per heavy atom. The lowest BCUT2D eigenvalue weighted by molar-refractivity contribution is -0.152. The molecule has 0 amide bonds. The quantitative estimate of drug-likeness (QED) is 0.365.